The van der Waals surface area contributed by atoms with Gasteiger partial charge in [0.25, 0.3) is 10.0 Å². The molecule has 0 atom stereocenters. The van der Waals surface area contributed by atoms with Crippen LogP contribution >= 0.6 is 11.6 Å². The molecule has 8 heteroatoms. The standard InChI is InChI=1S/C20H19ClN2O4S/c21-16-7-5-14(6-8-16)13-27-20(24)15-9-11-23(12-10-15)19-17-3-1-2-4-18(17)28(25,26)22-19/h1-8,15H,9-13H2. The van der Waals surface area contributed by atoms with Crippen LogP contribution in [0.25, 0.3) is 0 Å². The Balaban J connectivity index is 1.36. The fraction of sp³-hybridized carbons (Fsp3) is 0.300. The van der Waals surface area contributed by atoms with Crippen LogP contribution in [-0.4, -0.2) is 38.2 Å². The van der Waals surface area contributed by atoms with E-state index < -0.39 is 10.0 Å². The minimum absolute atomic E-state index is 0.197. The number of fused-ring (bicyclic) bond motifs is 1. The van der Waals surface area contributed by atoms with Gasteiger partial charge in [0.05, 0.1) is 5.92 Å². The molecule has 2 aliphatic heterocycles. The highest BCUT2D eigenvalue weighted by Gasteiger charge is 2.34. The van der Waals surface area contributed by atoms with Crippen molar-refractivity contribution in [3.8, 4) is 0 Å². The number of nitrogens with zero attached hydrogens (tertiary/aromatic N) is 2. The molecule has 0 spiro atoms. The average Bonchev–Trinajstić information content (AvgIpc) is 2.99. The van der Waals surface area contributed by atoms with Gasteiger partial charge in [-0.2, -0.15) is 8.42 Å². The molecule has 1 fully saturated rings. The molecule has 0 aliphatic carbocycles. The molecule has 146 valence electrons. The number of amidine groups is 1. The molecule has 0 N–H and O–H groups in total. The van der Waals surface area contributed by atoms with E-state index in [1.807, 2.05) is 17.0 Å². The third-order valence-electron chi connectivity index (χ3n) is 5.03. The summed E-state index contributed by atoms with van der Waals surface area (Å²) in [7, 11) is -3.63. The summed E-state index contributed by atoms with van der Waals surface area (Å²) in [6.45, 7) is 1.33. The normalized spacial score (nSPS) is 18.5. The van der Waals surface area contributed by atoms with Crippen LogP contribution in [0.1, 0.15) is 24.0 Å². The molecule has 0 aromatic heterocycles. The number of carbonyl (C=O) groups is 1. The Labute approximate surface area is 168 Å². The lowest BCUT2D eigenvalue weighted by Gasteiger charge is -2.32. The zero-order valence-corrected chi connectivity index (χ0v) is 16.6. The Kier molecular flexibility index (Phi) is 5.12. The number of hydrogen-bond acceptors (Lipinski definition) is 5. The zero-order valence-electron chi connectivity index (χ0n) is 15.0. The summed E-state index contributed by atoms with van der Waals surface area (Å²) in [5.74, 6) is 0.0527. The maximum atomic E-state index is 12.4. The lowest BCUT2D eigenvalue weighted by atomic mass is 9.96. The molecule has 28 heavy (non-hydrogen) atoms. The second-order valence-electron chi connectivity index (χ2n) is 6.88. The topological polar surface area (TPSA) is 76.0 Å². The van der Waals surface area contributed by atoms with E-state index in [2.05, 4.69) is 4.40 Å². The van der Waals surface area contributed by atoms with E-state index in [-0.39, 0.29) is 23.4 Å². The molecule has 1 saturated heterocycles. The van der Waals surface area contributed by atoms with E-state index in [4.69, 9.17) is 16.3 Å². The SMILES string of the molecule is O=C(OCc1ccc(Cl)cc1)C1CCN(C2=NS(=O)(=O)c3ccccc32)CC1. The Morgan fingerprint density at radius 3 is 2.50 bits per heavy atom. The molecule has 0 radical (unpaired) electrons. The summed E-state index contributed by atoms with van der Waals surface area (Å²) in [5, 5.41) is 0.640. The largest absolute Gasteiger partial charge is 0.461 e. The lowest BCUT2D eigenvalue weighted by Crippen LogP contribution is -2.40. The average molecular weight is 419 g/mol. The molecule has 0 amide bonds. The molecule has 0 unspecified atom stereocenters. The lowest BCUT2D eigenvalue weighted by molar-refractivity contribution is -0.151. The molecule has 2 heterocycles. The van der Waals surface area contributed by atoms with Crippen molar-refractivity contribution >= 4 is 33.4 Å². The maximum Gasteiger partial charge on any atom is 0.309 e. The van der Waals surface area contributed by atoms with Gasteiger partial charge in [-0.05, 0) is 42.7 Å². The number of halogens is 1. The van der Waals surface area contributed by atoms with Gasteiger partial charge < -0.3 is 9.64 Å². The number of esters is 1. The number of sulfonamides is 1. The first-order valence-electron chi connectivity index (χ1n) is 9.04. The highest BCUT2D eigenvalue weighted by atomic mass is 35.5. The third kappa shape index (κ3) is 3.77. The van der Waals surface area contributed by atoms with Gasteiger partial charge >= 0.3 is 5.97 Å². The van der Waals surface area contributed by atoms with Gasteiger partial charge in [0, 0.05) is 23.7 Å². The number of likely N-dealkylation sites (tertiary alicyclic amines) is 1. The molecule has 0 bridgehead atoms. The number of carbonyl (C=O) groups excluding carboxylic acids is 1. The van der Waals surface area contributed by atoms with Crippen LogP contribution in [0.3, 0.4) is 0 Å². The van der Waals surface area contributed by atoms with Crippen molar-refractivity contribution < 1.29 is 17.9 Å². The van der Waals surface area contributed by atoms with Crippen molar-refractivity contribution in [2.45, 2.75) is 24.3 Å². The van der Waals surface area contributed by atoms with Crippen LogP contribution in [0, 0.1) is 5.92 Å². The minimum atomic E-state index is -3.63. The molecule has 4 rings (SSSR count). The summed E-state index contributed by atoms with van der Waals surface area (Å²) in [6.07, 6.45) is 1.20. The maximum absolute atomic E-state index is 12.4. The quantitative estimate of drug-likeness (QED) is 0.715. The third-order valence-corrected chi connectivity index (χ3v) is 6.61. The second-order valence-corrected chi connectivity index (χ2v) is 8.89. The van der Waals surface area contributed by atoms with E-state index in [0.29, 0.717) is 42.4 Å². The fourth-order valence-electron chi connectivity index (χ4n) is 3.50. The first-order chi connectivity index (χ1) is 13.4. The van der Waals surface area contributed by atoms with Crippen LogP contribution in [0.4, 0.5) is 0 Å². The van der Waals surface area contributed by atoms with Crippen molar-refractivity contribution in [2.24, 2.45) is 10.3 Å². The van der Waals surface area contributed by atoms with Crippen LogP contribution in [0.15, 0.2) is 57.8 Å². The van der Waals surface area contributed by atoms with Crippen molar-refractivity contribution in [1.82, 2.24) is 4.90 Å². The number of ether oxygens (including phenoxy) is 1. The molecule has 2 aliphatic rings. The van der Waals surface area contributed by atoms with Crippen LogP contribution in [0.2, 0.25) is 5.02 Å². The Morgan fingerprint density at radius 1 is 1.11 bits per heavy atom. The van der Waals surface area contributed by atoms with Crippen LogP contribution < -0.4 is 0 Å². The van der Waals surface area contributed by atoms with Gasteiger partial charge in [-0.25, -0.2) is 0 Å². The number of rotatable bonds is 3. The van der Waals surface area contributed by atoms with E-state index in [1.165, 1.54) is 0 Å². The number of hydrogen-bond donors (Lipinski definition) is 0. The molecular weight excluding hydrogens is 400 g/mol. The second kappa shape index (κ2) is 7.56. The van der Waals surface area contributed by atoms with Gasteiger partial charge in [-0.1, -0.05) is 35.9 Å². The monoisotopic (exact) mass is 418 g/mol. The Bertz CT molecular complexity index is 1030. The van der Waals surface area contributed by atoms with Gasteiger partial charge in [0.1, 0.15) is 11.5 Å². The Hall–Kier alpha value is -2.38. The number of benzene rings is 2. The van der Waals surface area contributed by atoms with E-state index in [0.717, 1.165) is 5.56 Å². The van der Waals surface area contributed by atoms with Crippen molar-refractivity contribution in [3.05, 3.63) is 64.7 Å². The smallest absolute Gasteiger partial charge is 0.309 e. The number of piperidine rings is 1. The summed E-state index contributed by atoms with van der Waals surface area (Å²) >= 11 is 5.85. The van der Waals surface area contributed by atoms with Crippen molar-refractivity contribution in [3.63, 3.8) is 0 Å². The van der Waals surface area contributed by atoms with Crippen LogP contribution in [0.5, 0.6) is 0 Å². The highest BCUT2D eigenvalue weighted by Crippen LogP contribution is 2.30. The summed E-state index contributed by atoms with van der Waals surface area (Å²) in [5.41, 5.74) is 1.52. The highest BCUT2D eigenvalue weighted by molar-refractivity contribution is 7.90. The summed E-state index contributed by atoms with van der Waals surface area (Å²) in [4.78, 5) is 14.6. The first kappa shape index (κ1) is 19.0. The van der Waals surface area contributed by atoms with E-state index in [9.17, 15) is 13.2 Å². The predicted octanol–water partition coefficient (Wildman–Crippen LogP) is 3.24. The molecular formula is C20H19ClN2O4S. The predicted molar refractivity (Wildman–Crippen MR) is 106 cm³/mol. The van der Waals surface area contributed by atoms with Crippen molar-refractivity contribution in [2.75, 3.05) is 13.1 Å². The fourth-order valence-corrected chi connectivity index (χ4v) is 4.85. The minimum Gasteiger partial charge on any atom is -0.461 e. The van der Waals surface area contributed by atoms with Crippen LogP contribution in [-0.2, 0) is 26.2 Å². The van der Waals surface area contributed by atoms with Gasteiger partial charge in [-0.15, -0.1) is 4.40 Å². The molecule has 0 saturated carbocycles. The van der Waals surface area contributed by atoms with Crippen molar-refractivity contribution in [1.29, 1.82) is 0 Å². The van der Waals surface area contributed by atoms with Gasteiger partial charge in [0.2, 0.25) is 0 Å². The Morgan fingerprint density at radius 2 is 1.79 bits per heavy atom. The van der Waals surface area contributed by atoms with E-state index in [1.54, 1.807) is 36.4 Å². The van der Waals surface area contributed by atoms with Gasteiger partial charge in [-0.3, -0.25) is 4.79 Å². The first-order valence-corrected chi connectivity index (χ1v) is 10.9. The summed E-state index contributed by atoms with van der Waals surface area (Å²) < 4.78 is 33.8. The molecule has 2 aromatic carbocycles. The molecule has 6 nitrogen and oxygen atoms in total. The summed E-state index contributed by atoms with van der Waals surface area (Å²) in [6, 6.07) is 14.0. The molecule has 2 aromatic rings. The van der Waals surface area contributed by atoms with E-state index >= 15 is 0 Å². The van der Waals surface area contributed by atoms with Gasteiger partial charge in [0.15, 0.2) is 5.84 Å². The zero-order chi connectivity index (χ0) is 19.7.